The van der Waals surface area contributed by atoms with Gasteiger partial charge in [-0.2, -0.15) is 0 Å². The lowest BCUT2D eigenvalue weighted by Gasteiger charge is -2.29. The van der Waals surface area contributed by atoms with Crippen LogP contribution in [-0.4, -0.2) is 43.0 Å². The van der Waals surface area contributed by atoms with Gasteiger partial charge in [0.05, 0.1) is 7.11 Å². The molecule has 0 bridgehead atoms. The predicted molar refractivity (Wildman–Crippen MR) is 118 cm³/mol. The number of hydrogen-bond acceptors (Lipinski definition) is 4. The first-order valence-corrected chi connectivity index (χ1v) is 10.2. The topological polar surface area (TPSA) is 67.9 Å². The fourth-order valence-electron chi connectivity index (χ4n) is 2.83. The summed E-state index contributed by atoms with van der Waals surface area (Å²) in [6, 6.07) is 14.3. The van der Waals surface area contributed by atoms with E-state index in [1.165, 1.54) is 0 Å². The van der Waals surface area contributed by atoms with Crippen LogP contribution in [0.1, 0.15) is 31.9 Å². The van der Waals surface area contributed by atoms with E-state index in [1.807, 2.05) is 69.3 Å². The predicted octanol–water partition coefficient (Wildman–Crippen LogP) is 3.57. The van der Waals surface area contributed by atoms with Gasteiger partial charge in [0.15, 0.2) is 6.61 Å². The molecule has 6 nitrogen and oxygen atoms in total. The van der Waals surface area contributed by atoms with Crippen molar-refractivity contribution in [3.05, 3.63) is 59.7 Å². The van der Waals surface area contributed by atoms with Crippen LogP contribution in [-0.2, 0) is 16.1 Å². The number of methoxy groups -OCH3 is 1. The summed E-state index contributed by atoms with van der Waals surface area (Å²) in [6.45, 7) is 8.51. The van der Waals surface area contributed by atoms with Crippen molar-refractivity contribution in [1.82, 2.24) is 10.2 Å². The van der Waals surface area contributed by atoms with Crippen LogP contribution < -0.4 is 14.8 Å². The number of amides is 2. The summed E-state index contributed by atoms with van der Waals surface area (Å²) in [5.74, 6) is 1.26. The van der Waals surface area contributed by atoms with Crippen molar-refractivity contribution < 1.29 is 19.1 Å². The molecule has 30 heavy (non-hydrogen) atoms. The monoisotopic (exact) mass is 412 g/mol. The molecule has 0 aromatic heterocycles. The van der Waals surface area contributed by atoms with Crippen LogP contribution in [0.4, 0.5) is 0 Å². The SMILES string of the molecule is COc1ccc(CN(C(=O)COc2ccc(C)cc2)C(C)C(=O)NCC(C)C)cc1. The Kier molecular flexibility index (Phi) is 8.71. The van der Waals surface area contributed by atoms with Crippen LogP contribution in [0.3, 0.4) is 0 Å². The third-order valence-electron chi connectivity index (χ3n) is 4.75. The fraction of sp³-hybridized carbons (Fsp3) is 0.417. The molecular weight excluding hydrogens is 380 g/mol. The minimum atomic E-state index is -0.625. The van der Waals surface area contributed by atoms with Crippen molar-refractivity contribution in [1.29, 1.82) is 0 Å². The number of aryl methyl sites for hydroxylation is 1. The van der Waals surface area contributed by atoms with Gasteiger partial charge >= 0.3 is 0 Å². The van der Waals surface area contributed by atoms with Crippen LogP contribution in [0.15, 0.2) is 48.5 Å². The van der Waals surface area contributed by atoms with Crippen LogP contribution in [0.2, 0.25) is 0 Å². The first-order chi connectivity index (χ1) is 14.3. The number of hydrogen-bond donors (Lipinski definition) is 1. The van der Waals surface area contributed by atoms with E-state index in [0.29, 0.717) is 24.8 Å². The smallest absolute Gasteiger partial charge is 0.261 e. The Morgan fingerprint density at radius 1 is 0.967 bits per heavy atom. The number of nitrogens with zero attached hydrogens (tertiary/aromatic N) is 1. The summed E-state index contributed by atoms with van der Waals surface area (Å²) in [6.07, 6.45) is 0. The highest BCUT2D eigenvalue weighted by molar-refractivity contribution is 5.87. The molecule has 1 unspecified atom stereocenters. The lowest BCUT2D eigenvalue weighted by atomic mass is 10.1. The summed E-state index contributed by atoms with van der Waals surface area (Å²) >= 11 is 0. The second kappa shape index (κ2) is 11.2. The molecule has 6 heteroatoms. The summed E-state index contributed by atoms with van der Waals surface area (Å²) in [5.41, 5.74) is 2.02. The Morgan fingerprint density at radius 2 is 1.57 bits per heavy atom. The standard InChI is InChI=1S/C24H32N2O4/c1-17(2)14-25-24(28)19(4)26(15-20-8-12-21(29-5)13-9-20)23(27)16-30-22-10-6-18(3)7-11-22/h6-13,17,19H,14-16H2,1-5H3,(H,25,28). The van der Waals surface area contributed by atoms with Crippen LogP contribution in [0.25, 0.3) is 0 Å². The van der Waals surface area contributed by atoms with E-state index in [2.05, 4.69) is 5.32 Å². The molecule has 1 N–H and O–H groups in total. The first kappa shape index (κ1) is 23.3. The van der Waals surface area contributed by atoms with Crippen molar-refractivity contribution in [3.8, 4) is 11.5 Å². The number of benzene rings is 2. The molecule has 0 saturated heterocycles. The van der Waals surface area contributed by atoms with Gasteiger partial charge in [0.25, 0.3) is 5.91 Å². The van der Waals surface area contributed by atoms with E-state index in [-0.39, 0.29) is 18.4 Å². The molecule has 0 aliphatic heterocycles. The molecule has 2 amide bonds. The van der Waals surface area contributed by atoms with Crippen molar-refractivity contribution in [2.75, 3.05) is 20.3 Å². The van der Waals surface area contributed by atoms with Crippen molar-refractivity contribution in [2.24, 2.45) is 5.92 Å². The van der Waals surface area contributed by atoms with Crippen LogP contribution in [0, 0.1) is 12.8 Å². The molecule has 0 saturated carbocycles. The average molecular weight is 413 g/mol. The van der Waals surface area contributed by atoms with Gasteiger partial charge in [-0.3, -0.25) is 9.59 Å². The number of ether oxygens (including phenoxy) is 2. The van der Waals surface area contributed by atoms with E-state index in [9.17, 15) is 9.59 Å². The third-order valence-corrected chi connectivity index (χ3v) is 4.75. The van der Waals surface area contributed by atoms with E-state index in [1.54, 1.807) is 18.9 Å². The van der Waals surface area contributed by atoms with Crippen LogP contribution >= 0.6 is 0 Å². The van der Waals surface area contributed by atoms with E-state index < -0.39 is 6.04 Å². The number of carbonyl (C=O) groups is 2. The van der Waals surface area contributed by atoms with Crippen LogP contribution in [0.5, 0.6) is 11.5 Å². The van der Waals surface area contributed by atoms with Crippen molar-refractivity contribution >= 4 is 11.8 Å². The molecule has 0 spiro atoms. The summed E-state index contributed by atoms with van der Waals surface area (Å²) in [7, 11) is 1.61. The Balaban J connectivity index is 2.12. The van der Waals surface area contributed by atoms with Crippen molar-refractivity contribution in [2.45, 2.75) is 40.3 Å². The molecule has 0 heterocycles. The third kappa shape index (κ3) is 7.10. The van der Waals surface area contributed by atoms with Gasteiger partial charge in [-0.25, -0.2) is 0 Å². The molecular formula is C24H32N2O4. The van der Waals surface area contributed by atoms with Gasteiger partial charge < -0.3 is 19.7 Å². The van der Waals surface area contributed by atoms with Crippen molar-refractivity contribution in [3.63, 3.8) is 0 Å². The van der Waals surface area contributed by atoms with E-state index in [4.69, 9.17) is 9.47 Å². The molecule has 0 aliphatic carbocycles. The van der Waals surface area contributed by atoms with Gasteiger partial charge in [0.2, 0.25) is 5.91 Å². The Labute approximate surface area is 179 Å². The zero-order valence-corrected chi connectivity index (χ0v) is 18.5. The normalized spacial score (nSPS) is 11.7. The van der Waals surface area contributed by atoms with Gasteiger partial charge in [-0.05, 0) is 49.6 Å². The summed E-state index contributed by atoms with van der Waals surface area (Å²) < 4.78 is 10.9. The zero-order valence-electron chi connectivity index (χ0n) is 18.5. The quantitative estimate of drug-likeness (QED) is 0.648. The van der Waals surface area contributed by atoms with E-state index in [0.717, 1.165) is 16.9 Å². The molecule has 2 aromatic carbocycles. The molecule has 0 aliphatic rings. The highest BCUT2D eigenvalue weighted by Crippen LogP contribution is 2.16. The molecule has 2 rings (SSSR count). The number of carbonyl (C=O) groups excluding carboxylic acids is 2. The number of rotatable bonds is 10. The largest absolute Gasteiger partial charge is 0.497 e. The highest BCUT2D eigenvalue weighted by atomic mass is 16.5. The van der Waals surface area contributed by atoms with Gasteiger partial charge in [-0.1, -0.05) is 43.7 Å². The minimum Gasteiger partial charge on any atom is -0.497 e. The maximum absolute atomic E-state index is 13.0. The first-order valence-electron chi connectivity index (χ1n) is 10.2. The maximum atomic E-state index is 13.0. The lowest BCUT2D eigenvalue weighted by molar-refractivity contribution is -0.142. The van der Waals surface area contributed by atoms with Gasteiger partial charge in [0, 0.05) is 13.1 Å². The minimum absolute atomic E-state index is 0.138. The molecule has 0 fully saturated rings. The lowest BCUT2D eigenvalue weighted by Crippen LogP contribution is -2.49. The second-order valence-electron chi connectivity index (χ2n) is 7.79. The summed E-state index contributed by atoms with van der Waals surface area (Å²) in [4.78, 5) is 27.2. The molecule has 1 atom stereocenters. The Bertz CT molecular complexity index is 816. The fourth-order valence-corrected chi connectivity index (χ4v) is 2.83. The Morgan fingerprint density at radius 3 is 2.13 bits per heavy atom. The van der Waals surface area contributed by atoms with Gasteiger partial charge in [-0.15, -0.1) is 0 Å². The second-order valence-corrected chi connectivity index (χ2v) is 7.79. The highest BCUT2D eigenvalue weighted by Gasteiger charge is 2.26. The zero-order chi connectivity index (χ0) is 22.1. The van der Waals surface area contributed by atoms with E-state index >= 15 is 0 Å². The maximum Gasteiger partial charge on any atom is 0.261 e. The average Bonchev–Trinajstić information content (AvgIpc) is 2.75. The Hall–Kier alpha value is -3.02. The number of nitrogens with one attached hydrogen (secondary N) is 1. The summed E-state index contributed by atoms with van der Waals surface area (Å²) in [5, 5.41) is 2.91. The molecule has 162 valence electrons. The molecule has 2 aromatic rings. The molecule has 0 radical (unpaired) electrons. The van der Waals surface area contributed by atoms with Gasteiger partial charge in [0.1, 0.15) is 17.5 Å².